The van der Waals surface area contributed by atoms with Crippen molar-refractivity contribution in [3.05, 3.63) is 82.1 Å². The van der Waals surface area contributed by atoms with E-state index in [1.54, 1.807) is 4.90 Å². The first kappa shape index (κ1) is 20.8. The van der Waals surface area contributed by atoms with Crippen molar-refractivity contribution in [1.29, 1.82) is 0 Å². The standard InChI is InChI=1S/C25H26F2N4O/c1-17-4-2-5-18(12-17)14-29-11-8-23-21(16-29)24(32)31(25-28-9-3-10-30(23)25)15-19-6-7-20(26)13-22(19)27/h2,4-7,12-13H,3,8-11,14-16H2,1H3. The average Bonchev–Trinajstić information content (AvgIpc) is 2.78. The van der Waals surface area contributed by atoms with E-state index in [-0.39, 0.29) is 18.0 Å². The number of halogens is 2. The molecular formula is C25H26F2N4O. The second-order valence-electron chi connectivity index (χ2n) is 8.69. The number of amides is 1. The molecule has 5 rings (SSSR count). The number of guanidine groups is 1. The van der Waals surface area contributed by atoms with Gasteiger partial charge in [-0.15, -0.1) is 0 Å². The fourth-order valence-electron chi connectivity index (χ4n) is 4.80. The van der Waals surface area contributed by atoms with Gasteiger partial charge in [0.25, 0.3) is 5.91 Å². The number of carbonyl (C=O) groups is 1. The van der Waals surface area contributed by atoms with Crippen LogP contribution in [0.15, 0.2) is 58.7 Å². The molecule has 0 spiro atoms. The molecule has 3 aliphatic heterocycles. The molecule has 2 aromatic carbocycles. The second kappa shape index (κ2) is 8.47. The van der Waals surface area contributed by atoms with Crippen LogP contribution in [0.1, 0.15) is 29.5 Å². The van der Waals surface area contributed by atoms with E-state index in [2.05, 4.69) is 46.0 Å². The fourth-order valence-corrected chi connectivity index (χ4v) is 4.80. The van der Waals surface area contributed by atoms with Crippen LogP contribution < -0.4 is 0 Å². The van der Waals surface area contributed by atoms with Crippen LogP contribution in [0.4, 0.5) is 8.78 Å². The molecule has 0 atom stereocenters. The number of aliphatic imine (C=N–C) groups is 1. The summed E-state index contributed by atoms with van der Waals surface area (Å²) in [4.78, 5) is 24.2. The van der Waals surface area contributed by atoms with Crippen LogP contribution in [-0.4, -0.2) is 52.7 Å². The van der Waals surface area contributed by atoms with E-state index in [0.717, 1.165) is 49.8 Å². The molecule has 0 saturated heterocycles. The van der Waals surface area contributed by atoms with Crippen LogP contribution in [-0.2, 0) is 17.9 Å². The van der Waals surface area contributed by atoms with Crippen molar-refractivity contribution in [3.8, 4) is 0 Å². The summed E-state index contributed by atoms with van der Waals surface area (Å²) < 4.78 is 27.7. The Kier molecular flexibility index (Phi) is 5.51. The van der Waals surface area contributed by atoms with Crippen molar-refractivity contribution in [2.24, 2.45) is 4.99 Å². The van der Waals surface area contributed by atoms with Gasteiger partial charge in [-0.2, -0.15) is 0 Å². The SMILES string of the molecule is Cc1cccc(CN2CCC3=C(C2)C(=O)N(Cc2ccc(F)cc2F)C2=NCCCN23)c1. The van der Waals surface area contributed by atoms with Gasteiger partial charge in [-0.1, -0.05) is 35.9 Å². The Morgan fingerprint density at radius 3 is 2.75 bits per heavy atom. The minimum absolute atomic E-state index is 0.0366. The lowest BCUT2D eigenvalue weighted by Gasteiger charge is -2.45. The van der Waals surface area contributed by atoms with Crippen LogP contribution in [0.25, 0.3) is 0 Å². The molecule has 2 aromatic rings. The first-order valence-corrected chi connectivity index (χ1v) is 11.1. The molecule has 7 heteroatoms. The summed E-state index contributed by atoms with van der Waals surface area (Å²) >= 11 is 0. The molecule has 3 aliphatic rings. The normalized spacial score (nSPS) is 19.1. The first-order valence-electron chi connectivity index (χ1n) is 11.1. The van der Waals surface area contributed by atoms with E-state index < -0.39 is 11.6 Å². The molecule has 1 amide bonds. The molecule has 32 heavy (non-hydrogen) atoms. The molecule has 0 aliphatic carbocycles. The van der Waals surface area contributed by atoms with E-state index in [0.29, 0.717) is 19.0 Å². The molecule has 3 heterocycles. The molecule has 0 bridgehead atoms. The number of carbonyl (C=O) groups excluding carboxylic acids is 1. The fraction of sp³-hybridized carbons (Fsp3) is 0.360. The summed E-state index contributed by atoms with van der Waals surface area (Å²) in [6.07, 6.45) is 1.70. The van der Waals surface area contributed by atoms with E-state index in [4.69, 9.17) is 0 Å². The predicted molar refractivity (Wildman–Crippen MR) is 119 cm³/mol. The number of benzene rings is 2. The third-order valence-electron chi connectivity index (χ3n) is 6.33. The molecule has 0 radical (unpaired) electrons. The predicted octanol–water partition coefficient (Wildman–Crippen LogP) is 3.84. The summed E-state index contributed by atoms with van der Waals surface area (Å²) in [6, 6.07) is 11.9. The maximum Gasteiger partial charge on any atom is 0.259 e. The number of rotatable bonds is 4. The zero-order valence-corrected chi connectivity index (χ0v) is 18.2. The Morgan fingerprint density at radius 2 is 1.94 bits per heavy atom. The quantitative estimate of drug-likeness (QED) is 0.731. The van der Waals surface area contributed by atoms with Gasteiger partial charge in [0.2, 0.25) is 5.96 Å². The maximum absolute atomic E-state index is 14.4. The highest BCUT2D eigenvalue weighted by Gasteiger charge is 2.40. The minimum Gasteiger partial charge on any atom is -0.315 e. The van der Waals surface area contributed by atoms with Crippen LogP contribution in [0.2, 0.25) is 0 Å². The van der Waals surface area contributed by atoms with E-state index in [1.165, 1.54) is 23.3 Å². The Balaban J connectivity index is 1.43. The van der Waals surface area contributed by atoms with Gasteiger partial charge in [0.05, 0.1) is 12.1 Å². The smallest absolute Gasteiger partial charge is 0.259 e. The monoisotopic (exact) mass is 436 g/mol. The third-order valence-corrected chi connectivity index (χ3v) is 6.33. The van der Waals surface area contributed by atoms with Gasteiger partial charge in [0.1, 0.15) is 11.6 Å². The number of hydrogen-bond acceptors (Lipinski definition) is 4. The molecule has 0 N–H and O–H groups in total. The third kappa shape index (κ3) is 3.93. The molecule has 0 fully saturated rings. The zero-order chi connectivity index (χ0) is 22.2. The van der Waals surface area contributed by atoms with Crippen molar-refractivity contribution < 1.29 is 13.6 Å². The number of hydrogen-bond donors (Lipinski definition) is 0. The summed E-state index contributed by atoms with van der Waals surface area (Å²) in [5.74, 6) is -0.812. The Bertz CT molecular complexity index is 1130. The topological polar surface area (TPSA) is 39.2 Å². The number of fused-ring (bicyclic) bond motifs is 2. The van der Waals surface area contributed by atoms with Crippen LogP contribution in [0, 0.1) is 18.6 Å². The second-order valence-corrected chi connectivity index (χ2v) is 8.69. The van der Waals surface area contributed by atoms with Gasteiger partial charge in [-0.05, 0) is 25.0 Å². The summed E-state index contributed by atoms with van der Waals surface area (Å²) in [7, 11) is 0. The summed E-state index contributed by atoms with van der Waals surface area (Å²) in [5.41, 5.74) is 4.53. The van der Waals surface area contributed by atoms with E-state index >= 15 is 0 Å². The van der Waals surface area contributed by atoms with Crippen molar-refractivity contribution in [2.45, 2.75) is 32.9 Å². The lowest BCUT2D eigenvalue weighted by molar-refractivity contribution is -0.125. The Hall–Kier alpha value is -3.06. The summed E-state index contributed by atoms with van der Waals surface area (Å²) in [6.45, 7) is 5.75. The lowest BCUT2D eigenvalue weighted by Crippen LogP contribution is -2.56. The van der Waals surface area contributed by atoms with Gasteiger partial charge in [0.15, 0.2) is 0 Å². The van der Waals surface area contributed by atoms with Crippen molar-refractivity contribution >= 4 is 11.9 Å². The molecule has 166 valence electrons. The largest absolute Gasteiger partial charge is 0.315 e. The van der Waals surface area contributed by atoms with E-state index in [9.17, 15) is 13.6 Å². The van der Waals surface area contributed by atoms with Crippen molar-refractivity contribution in [3.63, 3.8) is 0 Å². The van der Waals surface area contributed by atoms with Gasteiger partial charge in [-0.3, -0.25) is 19.6 Å². The maximum atomic E-state index is 14.4. The highest BCUT2D eigenvalue weighted by Crippen LogP contribution is 2.32. The van der Waals surface area contributed by atoms with Gasteiger partial charge in [0, 0.05) is 56.5 Å². The first-order chi connectivity index (χ1) is 15.5. The minimum atomic E-state index is -0.648. The molecular weight excluding hydrogens is 410 g/mol. The van der Waals surface area contributed by atoms with E-state index in [1.807, 2.05) is 0 Å². The Labute approximate surface area is 186 Å². The lowest BCUT2D eigenvalue weighted by atomic mass is 9.99. The average molecular weight is 437 g/mol. The zero-order valence-electron chi connectivity index (χ0n) is 18.2. The van der Waals surface area contributed by atoms with Crippen LogP contribution in [0.3, 0.4) is 0 Å². The van der Waals surface area contributed by atoms with Crippen molar-refractivity contribution in [2.75, 3.05) is 26.2 Å². The van der Waals surface area contributed by atoms with Crippen molar-refractivity contribution in [1.82, 2.24) is 14.7 Å². The number of aryl methyl sites for hydroxylation is 1. The van der Waals surface area contributed by atoms with Gasteiger partial charge < -0.3 is 4.90 Å². The molecule has 5 nitrogen and oxygen atoms in total. The van der Waals surface area contributed by atoms with Gasteiger partial charge in [-0.25, -0.2) is 8.78 Å². The highest BCUT2D eigenvalue weighted by molar-refractivity contribution is 6.09. The van der Waals surface area contributed by atoms with Gasteiger partial charge >= 0.3 is 0 Å². The number of nitrogens with zero attached hydrogens (tertiary/aromatic N) is 4. The highest BCUT2D eigenvalue weighted by atomic mass is 19.1. The van der Waals surface area contributed by atoms with Crippen LogP contribution in [0.5, 0.6) is 0 Å². The molecule has 0 unspecified atom stereocenters. The Morgan fingerprint density at radius 1 is 1.06 bits per heavy atom. The van der Waals surface area contributed by atoms with Crippen LogP contribution >= 0.6 is 0 Å². The summed E-state index contributed by atoms with van der Waals surface area (Å²) in [5, 5.41) is 0. The molecule has 0 saturated carbocycles. The molecule has 0 aromatic heterocycles.